The van der Waals surface area contributed by atoms with E-state index < -0.39 is 35.9 Å². The molecule has 0 spiro atoms. The van der Waals surface area contributed by atoms with Crippen molar-refractivity contribution in [1.29, 1.82) is 0 Å². The number of hydrogen-bond acceptors (Lipinski definition) is 4. The number of rotatable bonds is 4. The molecule has 128 valence electrons. The zero-order valence-corrected chi connectivity index (χ0v) is 13.7. The molecule has 0 aromatic rings. The van der Waals surface area contributed by atoms with Crippen molar-refractivity contribution >= 4 is 12.1 Å². The average Bonchev–Trinajstić information content (AvgIpc) is 2.36. The summed E-state index contributed by atoms with van der Waals surface area (Å²) in [4.78, 5) is 25.6. The Morgan fingerprint density at radius 1 is 1.32 bits per heavy atom. The van der Waals surface area contributed by atoms with Crippen molar-refractivity contribution in [1.82, 2.24) is 4.90 Å². The molecule has 1 aliphatic heterocycles. The Labute approximate surface area is 129 Å². The summed E-state index contributed by atoms with van der Waals surface area (Å²) < 4.78 is 36.1. The van der Waals surface area contributed by atoms with Crippen LogP contribution in [-0.4, -0.2) is 48.7 Å². The van der Waals surface area contributed by atoms with Crippen molar-refractivity contribution in [3.8, 4) is 0 Å². The van der Waals surface area contributed by atoms with Crippen LogP contribution in [0.2, 0.25) is 0 Å². The Morgan fingerprint density at radius 3 is 2.45 bits per heavy atom. The number of nitrogens with zero attached hydrogens (tertiary/aromatic N) is 1. The highest BCUT2D eigenvalue weighted by Crippen LogP contribution is 2.37. The normalized spacial score (nSPS) is 22.6. The highest BCUT2D eigenvalue weighted by Gasteiger charge is 2.47. The van der Waals surface area contributed by atoms with Gasteiger partial charge < -0.3 is 14.4 Å². The third-order valence-electron chi connectivity index (χ3n) is 3.48. The minimum Gasteiger partial charge on any atom is -0.466 e. The van der Waals surface area contributed by atoms with Crippen LogP contribution in [0.3, 0.4) is 0 Å². The maximum Gasteiger partial charge on any atom is 0.410 e. The van der Waals surface area contributed by atoms with E-state index in [1.54, 1.807) is 27.7 Å². The first-order valence-corrected chi connectivity index (χ1v) is 7.53. The third kappa shape index (κ3) is 5.10. The number of piperidine rings is 1. The van der Waals surface area contributed by atoms with Gasteiger partial charge in [-0.25, -0.2) is 13.6 Å². The number of esters is 1. The van der Waals surface area contributed by atoms with Crippen molar-refractivity contribution in [2.24, 2.45) is 5.41 Å². The lowest BCUT2D eigenvalue weighted by molar-refractivity contribution is -0.162. The second kappa shape index (κ2) is 7.24. The molecule has 1 unspecified atom stereocenters. The molecular formula is C15H25F2NO4. The Balaban J connectivity index is 2.90. The number of halogens is 2. The van der Waals surface area contributed by atoms with Crippen molar-refractivity contribution in [3.05, 3.63) is 0 Å². The van der Waals surface area contributed by atoms with E-state index in [4.69, 9.17) is 9.47 Å². The van der Waals surface area contributed by atoms with Crippen LogP contribution in [-0.2, 0) is 14.3 Å². The Hall–Kier alpha value is -1.40. The molecule has 0 aromatic carbocycles. The maximum absolute atomic E-state index is 12.9. The molecule has 0 bridgehead atoms. The summed E-state index contributed by atoms with van der Waals surface area (Å²) in [7, 11) is 0. The smallest absolute Gasteiger partial charge is 0.410 e. The van der Waals surface area contributed by atoms with Gasteiger partial charge in [-0.05, 0) is 40.5 Å². The fourth-order valence-electron chi connectivity index (χ4n) is 2.61. The summed E-state index contributed by atoms with van der Waals surface area (Å²) in [5.74, 6) is -0.663. The molecule has 1 atom stereocenters. The van der Waals surface area contributed by atoms with Gasteiger partial charge in [0, 0.05) is 19.5 Å². The highest BCUT2D eigenvalue weighted by atomic mass is 19.3. The molecule has 5 nitrogen and oxygen atoms in total. The van der Waals surface area contributed by atoms with Crippen LogP contribution in [0.4, 0.5) is 13.6 Å². The van der Waals surface area contributed by atoms with Gasteiger partial charge in [0.15, 0.2) is 0 Å². The van der Waals surface area contributed by atoms with Gasteiger partial charge in [-0.3, -0.25) is 4.79 Å². The zero-order valence-electron chi connectivity index (χ0n) is 13.7. The molecular weight excluding hydrogens is 296 g/mol. The molecule has 0 aliphatic carbocycles. The fourth-order valence-corrected chi connectivity index (χ4v) is 2.61. The topological polar surface area (TPSA) is 55.8 Å². The predicted molar refractivity (Wildman–Crippen MR) is 76.7 cm³/mol. The lowest BCUT2D eigenvalue weighted by atomic mass is 9.77. The van der Waals surface area contributed by atoms with Crippen LogP contribution in [0.5, 0.6) is 0 Å². The number of hydrogen-bond donors (Lipinski definition) is 0. The first kappa shape index (κ1) is 18.6. The summed E-state index contributed by atoms with van der Waals surface area (Å²) in [6.07, 6.45) is -3.08. The summed E-state index contributed by atoms with van der Waals surface area (Å²) >= 11 is 0. The summed E-state index contributed by atoms with van der Waals surface area (Å²) in [5, 5.41) is 0. The molecule has 7 heteroatoms. The molecule has 1 rings (SSSR count). The van der Waals surface area contributed by atoms with E-state index in [0.29, 0.717) is 13.0 Å². The van der Waals surface area contributed by atoms with Crippen LogP contribution >= 0.6 is 0 Å². The van der Waals surface area contributed by atoms with E-state index in [0.717, 1.165) is 0 Å². The van der Waals surface area contributed by atoms with Gasteiger partial charge in [-0.2, -0.15) is 0 Å². The van der Waals surface area contributed by atoms with Crippen molar-refractivity contribution < 1.29 is 27.8 Å². The van der Waals surface area contributed by atoms with Crippen LogP contribution < -0.4 is 0 Å². The average molecular weight is 321 g/mol. The molecule has 0 aromatic heterocycles. The monoisotopic (exact) mass is 321 g/mol. The zero-order chi connectivity index (χ0) is 17.0. The Kier molecular flexibility index (Phi) is 6.14. The number of carbonyl (C=O) groups excluding carboxylic acids is 2. The standard InChI is InChI=1S/C15H25F2NO4/c1-5-21-12(19)15(9-11(16)17)7-6-8-18(10-15)13(20)22-14(2,3)4/h11H,5-10H2,1-4H3. The number of amides is 1. The first-order valence-electron chi connectivity index (χ1n) is 7.53. The van der Waals surface area contributed by atoms with Gasteiger partial charge in [0.2, 0.25) is 6.43 Å². The number of ether oxygens (including phenoxy) is 2. The van der Waals surface area contributed by atoms with Crippen molar-refractivity contribution in [3.63, 3.8) is 0 Å². The van der Waals surface area contributed by atoms with Crippen molar-refractivity contribution in [2.45, 2.75) is 59.0 Å². The molecule has 0 N–H and O–H groups in total. The minimum atomic E-state index is -2.64. The van der Waals surface area contributed by atoms with E-state index in [1.807, 2.05) is 0 Å². The van der Waals surface area contributed by atoms with Crippen LogP contribution in [0, 0.1) is 5.41 Å². The molecule has 1 saturated heterocycles. The minimum absolute atomic E-state index is 0.0922. The van der Waals surface area contributed by atoms with Gasteiger partial charge in [0.1, 0.15) is 5.60 Å². The molecule has 22 heavy (non-hydrogen) atoms. The number of carbonyl (C=O) groups is 2. The largest absolute Gasteiger partial charge is 0.466 e. The molecule has 1 heterocycles. The fraction of sp³-hybridized carbons (Fsp3) is 0.867. The Morgan fingerprint density at radius 2 is 1.95 bits per heavy atom. The van der Waals surface area contributed by atoms with Gasteiger partial charge in [0.25, 0.3) is 0 Å². The van der Waals surface area contributed by atoms with Gasteiger partial charge in [-0.1, -0.05) is 0 Å². The quantitative estimate of drug-likeness (QED) is 0.746. The predicted octanol–water partition coefficient (Wildman–Crippen LogP) is 3.22. The second-order valence-electron chi connectivity index (χ2n) is 6.60. The molecule has 0 saturated carbocycles. The second-order valence-corrected chi connectivity index (χ2v) is 6.60. The maximum atomic E-state index is 12.9. The van der Waals surface area contributed by atoms with Gasteiger partial charge >= 0.3 is 12.1 Å². The molecule has 1 amide bonds. The lowest BCUT2D eigenvalue weighted by Gasteiger charge is -2.41. The summed E-state index contributed by atoms with van der Waals surface area (Å²) in [6, 6.07) is 0. The molecule has 1 fully saturated rings. The molecule has 1 aliphatic rings. The van der Waals surface area contributed by atoms with E-state index in [-0.39, 0.29) is 19.6 Å². The van der Waals surface area contributed by atoms with E-state index >= 15 is 0 Å². The summed E-state index contributed by atoms with van der Waals surface area (Å²) in [5.41, 5.74) is -2.02. The summed E-state index contributed by atoms with van der Waals surface area (Å²) in [6.45, 7) is 7.23. The van der Waals surface area contributed by atoms with E-state index in [1.165, 1.54) is 4.90 Å². The van der Waals surface area contributed by atoms with E-state index in [9.17, 15) is 18.4 Å². The van der Waals surface area contributed by atoms with Gasteiger partial charge in [-0.15, -0.1) is 0 Å². The lowest BCUT2D eigenvalue weighted by Crippen LogP contribution is -2.52. The van der Waals surface area contributed by atoms with E-state index in [2.05, 4.69) is 0 Å². The van der Waals surface area contributed by atoms with Crippen LogP contribution in [0.1, 0.15) is 47.0 Å². The highest BCUT2D eigenvalue weighted by molar-refractivity contribution is 5.79. The van der Waals surface area contributed by atoms with Gasteiger partial charge in [0.05, 0.1) is 12.0 Å². The third-order valence-corrected chi connectivity index (χ3v) is 3.48. The number of alkyl halides is 2. The molecule has 0 radical (unpaired) electrons. The van der Waals surface area contributed by atoms with Crippen LogP contribution in [0.15, 0.2) is 0 Å². The van der Waals surface area contributed by atoms with Crippen molar-refractivity contribution in [2.75, 3.05) is 19.7 Å². The Bertz CT molecular complexity index is 409. The van der Waals surface area contributed by atoms with Crippen LogP contribution in [0.25, 0.3) is 0 Å². The number of likely N-dealkylation sites (tertiary alicyclic amines) is 1. The SMILES string of the molecule is CCOC(=O)C1(CC(F)F)CCCN(C(=O)OC(C)(C)C)C1. The first-order chi connectivity index (χ1) is 10.1.